The maximum Gasteiger partial charge on any atom is 0.338 e. The molecule has 35 heavy (non-hydrogen) atoms. The van der Waals surface area contributed by atoms with Gasteiger partial charge in [-0.2, -0.15) is 5.26 Å². The van der Waals surface area contributed by atoms with Crippen LogP contribution in [0.4, 0.5) is 5.00 Å². The molecule has 2 aromatic heterocycles. The lowest BCUT2D eigenvalue weighted by molar-refractivity contribution is -0.112. The lowest BCUT2D eigenvalue weighted by Gasteiger charge is -2.11. The number of rotatable bonds is 7. The zero-order chi connectivity index (χ0) is 24.9. The smallest absolute Gasteiger partial charge is 0.338 e. The Kier molecular flexibility index (Phi) is 7.13. The summed E-state index contributed by atoms with van der Waals surface area (Å²) < 4.78 is 10.8. The van der Waals surface area contributed by atoms with E-state index >= 15 is 0 Å². The Labute approximate surface area is 206 Å². The summed E-state index contributed by atoms with van der Waals surface area (Å²) in [5.41, 5.74) is 7.79. The van der Waals surface area contributed by atoms with Crippen molar-refractivity contribution in [1.29, 1.82) is 5.26 Å². The van der Waals surface area contributed by atoms with Crippen LogP contribution < -0.4 is 11.1 Å². The first-order chi connectivity index (χ1) is 16.9. The van der Waals surface area contributed by atoms with E-state index in [9.17, 15) is 19.6 Å². The molecule has 0 saturated heterocycles. The van der Waals surface area contributed by atoms with Crippen molar-refractivity contribution in [3.63, 3.8) is 0 Å². The van der Waals surface area contributed by atoms with E-state index in [4.69, 9.17) is 14.9 Å². The molecule has 1 aromatic carbocycles. The Balaban J connectivity index is 1.53. The fourth-order valence-electron chi connectivity index (χ4n) is 3.95. The average molecular weight is 490 g/mol. The highest BCUT2D eigenvalue weighted by Crippen LogP contribution is 2.38. The quantitative estimate of drug-likeness (QED) is 0.280. The molecule has 2 heterocycles. The van der Waals surface area contributed by atoms with Crippen LogP contribution in [-0.4, -0.2) is 24.4 Å². The van der Waals surface area contributed by atoms with Crippen molar-refractivity contribution >= 4 is 40.2 Å². The van der Waals surface area contributed by atoms with Gasteiger partial charge >= 0.3 is 5.97 Å². The monoisotopic (exact) mass is 489 g/mol. The zero-order valence-corrected chi connectivity index (χ0v) is 19.9. The predicted octanol–water partition coefficient (Wildman–Crippen LogP) is 4.71. The van der Waals surface area contributed by atoms with Gasteiger partial charge < -0.3 is 20.2 Å². The number of hydrogen-bond donors (Lipinski definition) is 2. The van der Waals surface area contributed by atoms with Gasteiger partial charge in [0.25, 0.3) is 11.8 Å². The Morgan fingerprint density at radius 1 is 1.17 bits per heavy atom. The van der Waals surface area contributed by atoms with Gasteiger partial charge in [-0.15, -0.1) is 11.3 Å². The highest BCUT2D eigenvalue weighted by molar-refractivity contribution is 7.17. The molecule has 1 aliphatic rings. The van der Waals surface area contributed by atoms with E-state index in [0.29, 0.717) is 34.3 Å². The molecule has 0 atom stereocenters. The number of ether oxygens (including phenoxy) is 1. The van der Waals surface area contributed by atoms with E-state index in [0.717, 1.165) is 41.7 Å². The number of carbonyl (C=O) groups is 3. The van der Waals surface area contributed by atoms with Crippen LogP contribution in [0.25, 0.3) is 17.4 Å². The fourth-order valence-corrected chi connectivity index (χ4v) is 5.24. The van der Waals surface area contributed by atoms with Crippen LogP contribution in [0.2, 0.25) is 0 Å². The number of nitrogens with two attached hydrogens (primary N) is 1. The number of benzene rings is 1. The van der Waals surface area contributed by atoms with Crippen molar-refractivity contribution in [1.82, 2.24) is 0 Å². The molecule has 3 N–H and O–H groups in total. The first-order valence-corrected chi connectivity index (χ1v) is 12.0. The minimum atomic E-state index is -0.648. The summed E-state index contributed by atoms with van der Waals surface area (Å²) in [6.07, 6.45) is 4.91. The number of thiophene rings is 1. The van der Waals surface area contributed by atoms with Crippen LogP contribution >= 0.6 is 11.3 Å². The average Bonchev–Trinajstić information content (AvgIpc) is 3.47. The second-order valence-electron chi connectivity index (χ2n) is 7.90. The Hall–Kier alpha value is -4.16. The van der Waals surface area contributed by atoms with E-state index in [1.54, 1.807) is 43.3 Å². The lowest BCUT2D eigenvalue weighted by Crippen LogP contribution is -2.19. The van der Waals surface area contributed by atoms with Crippen LogP contribution in [0, 0.1) is 11.3 Å². The maximum absolute atomic E-state index is 12.8. The number of esters is 1. The Morgan fingerprint density at radius 3 is 2.60 bits per heavy atom. The third-order valence-electron chi connectivity index (χ3n) is 5.60. The molecule has 2 amide bonds. The number of nitrogens with one attached hydrogen (secondary N) is 1. The van der Waals surface area contributed by atoms with Crippen LogP contribution in [0.15, 0.2) is 46.4 Å². The zero-order valence-electron chi connectivity index (χ0n) is 19.1. The molecule has 0 spiro atoms. The summed E-state index contributed by atoms with van der Waals surface area (Å²) in [6.45, 7) is 2.03. The van der Waals surface area contributed by atoms with Crippen LogP contribution in [0.3, 0.4) is 0 Å². The molecule has 0 radical (unpaired) electrons. The highest BCUT2D eigenvalue weighted by Gasteiger charge is 2.25. The summed E-state index contributed by atoms with van der Waals surface area (Å²) in [5, 5.41) is 12.6. The summed E-state index contributed by atoms with van der Waals surface area (Å²) >= 11 is 1.33. The molecule has 1 aliphatic carbocycles. The van der Waals surface area contributed by atoms with Gasteiger partial charge in [-0.3, -0.25) is 9.59 Å². The number of nitriles is 1. The van der Waals surface area contributed by atoms with Crippen LogP contribution in [0.1, 0.15) is 56.7 Å². The largest absolute Gasteiger partial charge is 0.462 e. The number of fused-ring (bicyclic) bond motifs is 1. The van der Waals surface area contributed by atoms with E-state index in [1.807, 2.05) is 6.07 Å². The number of anilines is 1. The third-order valence-corrected chi connectivity index (χ3v) is 6.81. The Morgan fingerprint density at radius 2 is 1.91 bits per heavy atom. The van der Waals surface area contributed by atoms with Crippen molar-refractivity contribution in [2.75, 3.05) is 11.9 Å². The topological polar surface area (TPSA) is 135 Å². The van der Waals surface area contributed by atoms with Gasteiger partial charge in [0.05, 0.1) is 17.7 Å². The molecule has 8 nitrogen and oxygen atoms in total. The number of amides is 2. The van der Waals surface area contributed by atoms with Gasteiger partial charge in [-0.1, -0.05) is 12.1 Å². The van der Waals surface area contributed by atoms with Gasteiger partial charge in [-0.05, 0) is 62.4 Å². The molecule has 4 rings (SSSR count). The fraction of sp³-hybridized carbons (Fsp3) is 0.231. The molecule has 9 heteroatoms. The molecule has 3 aromatic rings. The number of nitrogens with zero attached hydrogens (tertiary/aromatic N) is 1. The van der Waals surface area contributed by atoms with Crippen molar-refractivity contribution in [2.24, 2.45) is 5.73 Å². The van der Waals surface area contributed by atoms with Crippen molar-refractivity contribution in [3.05, 3.63) is 69.3 Å². The highest BCUT2D eigenvalue weighted by atomic mass is 32.1. The van der Waals surface area contributed by atoms with Crippen LogP contribution in [-0.2, 0) is 22.4 Å². The standard InChI is InChI=1S/C26H23N3O5S/c1-2-33-26(32)16-9-7-15(8-10-16)20-12-11-18(34-20)13-17(14-27)24(31)29-25-22(23(28)30)19-5-3-4-6-21(19)35-25/h7-13H,2-6H2,1H3,(H2,28,30)(H,29,31)/b17-13-. The SMILES string of the molecule is CCOC(=O)c1ccc(-c2ccc(/C=C(/C#N)C(=O)Nc3sc4c(c3C(N)=O)CCCC4)o2)cc1. The van der Waals surface area contributed by atoms with E-state index in [-0.39, 0.29) is 5.57 Å². The van der Waals surface area contributed by atoms with E-state index in [1.165, 1.54) is 17.4 Å². The molecule has 0 fully saturated rings. The van der Waals surface area contributed by atoms with Crippen molar-refractivity contribution in [3.8, 4) is 17.4 Å². The number of furan rings is 1. The molecule has 0 bridgehead atoms. The Bertz CT molecular complexity index is 1360. The normalized spacial score (nSPS) is 13.0. The van der Waals surface area contributed by atoms with E-state index in [2.05, 4.69) is 5.32 Å². The van der Waals surface area contributed by atoms with Gasteiger partial charge in [-0.25, -0.2) is 4.79 Å². The van der Waals surface area contributed by atoms with Crippen molar-refractivity contribution in [2.45, 2.75) is 32.6 Å². The maximum atomic E-state index is 12.8. The predicted molar refractivity (Wildman–Crippen MR) is 132 cm³/mol. The molecule has 0 saturated carbocycles. The number of aryl methyl sites for hydroxylation is 1. The first kappa shape index (κ1) is 24.0. The lowest BCUT2D eigenvalue weighted by atomic mass is 9.95. The van der Waals surface area contributed by atoms with Crippen LogP contribution in [0.5, 0.6) is 0 Å². The number of hydrogen-bond acceptors (Lipinski definition) is 7. The minimum absolute atomic E-state index is 0.176. The third kappa shape index (κ3) is 5.18. The first-order valence-electron chi connectivity index (χ1n) is 11.2. The second kappa shape index (κ2) is 10.4. The van der Waals surface area contributed by atoms with Crippen molar-refractivity contribution < 1.29 is 23.5 Å². The minimum Gasteiger partial charge on any atom is -0.462 e. The summed E-state index contributed by atoms with van der Waals surface area (Å²) in [4.78, 5) is 37.7. The van der Waals surface area contributed by atoms with Gasteiger partial charge in [0, 0.05) is 16.5 Å². The summed E-state index contributed by atoms with van der Waals surface area (Å²) in [7, 11) is 0. The number of primary amides is 1. The molecule has 178 valence electrons. The molecule has 0 unspecified atom stereocenters. The van der Waals surface area contributed by atoms with Gasteiger partial charge in [0.1, 0.15) is 28.2 Å². The summed E-state index contributed by atoms with van der Waals surface area (Å²) in [6, 6.07) is 11.9. The number of carbonyl (C=O) groups excluding carboxylic acids is 3. The van der Waals surface area contributed by atoms with Gasteiger partial charge in [0.15, 0.2) is 0 Å². The molecule has 0 aliphatic heterocycles. The van der Waals surface area contributed by atoms with Gasteiger partial charge in [0.2, 0.25) is 0 Å². The second-order valence-corrected chi connectivity index (χ2v) is 9.01. The summed E-state index contributed by atoms with van der Waals surface area (Å²) in [5.74, 6) is -0.830. The van der Waals surface area contributed by atoms with E-state index < -0.39 is 17.8 Å². The molecular weight excluding hydrogens is 466 g/mol. The molecular formula is C26H23N3O5S.